The van der Waals surface area contributed by atoms with Gasteiger partial charge in [0.25, 0.3) is 10.0 Å². The first kappa shape index (κ1) is 36.6. The molecular formula is C39H42F3N3O4S. The number of alkyl halides is 3. The number of hydrogen-bond acceptors (Lipinski definition) is 4. The third kappa shape index (κ3) is 9.32. The second kappa shape index (κ2) is 15.9. The number of hydrogen-bond donors (Lipinski definition) is 1. The fraction of sp³-hybridized carbons (Fsp3) is 0.333. The van der Waals surface area contributed by atoms with Crippen LogP contribution in [0.25, 0.3) is 0 Å². The number of nitrogens with one attached hydrogen (secondary N) is 1. The van der Waals surface area contributed by atoms with E-state index in [1.54, 1.807) is 19.1 Å². The van der Waals surface area contributed by atoms with Crippen LogP contribution in [0.1, 0.15) is 59.9 Å². The molecule has 5 rings (SSSR count). The Morgan fingerprint density at radius 2 is 1.42 bits per heavy atom. The predicted octanol–water partition coefficient (Wildman–Crippen LogP) is 7.61. The molecule has 1 N–H and O–H groups in total. The van der Waals surface area contributed by atoms with E-state index in [4.69, 9.17) is 0 Å². The minimum Gasteiger partial charge on any atom is -0.352 e. The van der Waals surface area contributed by atoms with Crippen molar-refractivity contribution in [3.8, 4) is 0 Å². The molecule has 264 valence electrons. The molecule has 0 spiro atoms. The van der Waals surface area contributed by atoms with Gasteiger partial charge in [-0.1, -0.05) is 103 Å². The van der Waals surface area contributed by atoms with Crippen LogP contribution in [0.3, 0.4) is 0 Å². The Hall–Kier alpha value is -4.64. The van der Waals surface area contributed by atoms with E-state index in [9.17, 15) is 31.2 Å². The highest BCUT2D eigenvalue weighted by Crippen LogP contribution is 2.33. The lowest BCUT2D eigenvalue weighted by atomic mass is 9.94. The molecule has 7 nitrogen and oxygen atoms in total. The molecule has 1 aliphatic carbocycles. The van der Waals surface area contributed by atoms with E-state index in [0.717, 1.165) is 67.0 Å². The number of anilines is 1. The van der Waals surface area contributed by atoms with E-state index in [2.05, 4.69) is 5.32 Å². The van der Waals surface area contributed by atoms with E-state index in [0.29, 0.717) is 9.87 Å². The minimum atomic E-state index is -4.76. The summed E-state index contributed by atoms with van der Waals surface area (Å²) in [4.78, 5) is 30.0. The largest absolute Gasteiger partial charge is 0.416 e. The van der Waals surface area contributed by atoms with Crippen molar-refractivity contribution < 1.29 is 31.2 Å². The summed E-state index contributed by atoms with van der Waals surface area (Å²) in [6, 6.07) is 25.3. The Balaban J connectivity index is 1.59. The number of carbonyl (C=O) groups excluding carboxylic acids is 2. The molecule has 0 saturated heterocycles. The molecule has 2 amide bonds. The molecule has 1 fully saturated rings. The van der Waals surface area contributed by atoms with E-state index >= 15 is 0 Å². The molecule has 50 heavy (non-hydrogen) atoms. The van der Waals surface area contributed by atoms with Crippen molar-refractivity contribution in [2.45, 2.75) is 82.1 Å². The van der Waals surface area contributed by atoms with Gasteiger partial charge in [0.1, 0.15) is 12.6 Å². The summed E-state index contributed by atoms with van der Waals surface area (Å²) in [5, 5.41) is 3.15. The smallest absolute Gasteiger partial charge is 0.352 e. The number of rotatable bonds is 12. The fourth-order valence-electron chi connectivity index (χ4n) is 6.19. The van der Waals surface area contributed by atoms with Gasteiger partial charge in [0.2, 0.25) is 11.8 Å². The maximum absolute atomic E-state index is 14.7. The zero-order valence-corrected chi connectivity index (χ0v) is 29.0. The molecule has 0 heterocycles. The Bertz CT molecular complexity index is 1860. The van der Waals surface area contributed by atoms with Crippen molar-refractivity contribution in [2.75, 3.05) is 10.8 Å². The van der Waals surface area contributed by atoms with Gasteiger partial charge in [-0.3, -0.25) is 13.9 Å². The van der Waals surface area contributed by atoms with Crippen molar-refractivity contribution in [1.29, 1.82) is 0 Å². The highest BCUT2D eigenvalue weighted by Gasteiger charge is 2.37. The molecule has 1 unspecified atom stereocenters. The van der Waals surface area contributed by atoms with Gasteiger partial charge in [-0.2, -0.15) is 13.2 Å². The number of carbonyl (C=O) groups is 2. The Labute approximate surface area is 292 Å². The van der Waals surface area contributed by atoms with Crippen LogP contribution in [-0.4, -0.2) is 43.8 Å². The van der Waals surface area contributed by atoms with Crippen molar-refractivity contribution in [2.24, 2.45) is 0 Å². The Morgan fingerprint density at radius 3 is 2.04 bits per heavy atom. The molecule has 1 atom stereocenters. The lowest BCUT2D eigenvalue weighted by Crippen LogP contribution is -2.55. The third-order valence-corrected chi connectivity index (χ3v) is 10.8. The first-order valence-electron chi connectivity index (χ1n) is 16.8. The first-order chi connectivity index (χ1) is 23.8. The van der Waals surface area contributed by atoms with Crippen molar-refractivity contribution in [3.63, 3.8) is 0 Å². The Morgan fingerprint density at radius 1 is 0.800 bits per heavy atom. The van der Waals surface area contributed by atoms with Gasteiger partial charge in [-0.25, -0.2) is 8.42 Å². The van der Waals surface area contributed by atoms with Gasteiger partial charge >= 0.3 is 6.18 Å². The van der Waals surface area contributed by atoms with Crippen LogP contribution in [0, 0.1) is 13.8 Å². The second-order valence-electron chi connectivity index (χ2n) is 12.9. The molecule has 1 aliphatic rings. The van der Waals surface area contributed by atoms with Crippen LogP contribution in [0.15, 0.2) is 108 Å². The number of amides is 2. The van der Waals surface area contributed by atoms with Crippen LogP contribution in [0.2, 0.25) is 0 Å². The molecular weight excluding hydrogens is 664 g/mol. The van der Waals surface area contributed by atoms with Crippen molar-refractivity contribution in [3.05, 3.63) is 131 Å². The summed E-state index contributed by atoms with van der Waals surface area (Å²) in [6.07, 6.45) is 0.0482. The first-order valence-corrected chi connectivity index (χ1v) is 18.2. The predicted molar refractivity (Wildman–Crippen MR) is 188 cm³/mol. The van der Waals surface area contributed by atoms with Crippen molar-refractivity contribution >= 4 is 27.5 Å². The van der Waals surface area contributed by atoms with Crippen LogP contribution in [-0.2, 0) is 38.8 Å². The van der Waals surface area contributed by atoms with Crippen molar-refractivity contribution in [1.82, 2.24) is 10.2 Å². The lowest BCUT2D eigenvalue weighted by molar-refractivity contribution is -0.140. The van der Waals surface area contributed by atoms with Gasteiger partial charge in [-0.15, -0.1) is 0 Å². The molecule has 11 heteroatoms. The van der Waals surface area contributed by atoms with E-state index in [1.165, 1.54) is 23.1 Å². The topological polar surface area (TPSA) is 86.8 Å². The maximum atomic E-state index is 14.7. The molecule has 0 radical (unpaired) electrons. The lowest BCUT2D eigenvalue weighted by Gasteiger charge is -2.35. The maximum Gasteiger partial charge on any atom is 0.416 e. The molecule has 0 aromatic heterocycles. The second-order valence-corrected chi connectivity index (χ2v) is 14.8. The summed E-state index contributed by atoms with van der Waals surface area (Å²) in [6.45, 7) is 2.82. The summed E-state index contributed by atoms with van der Waals surface area (Å²) in [5.74, 6) is -1.10. The zero-order valence-electron chi connectivity index (χ0n) is 28.2. The van der Waals surface area contributed by atoms with Gasteiger partial charge in [0.05, 0.1) is 16.1 Å². The van der Waals surface area contributed by atoms with Gasteiger partial charge in [0, 0.05) is 19.0 Å². The molecule has 0 bridgehead atoms. The van der Waals surface area contributed by atoms with E-state index in [1.807, 2.05) is 61.5 Å². The highest BCUT2D eigenvalue weighted by atomic mass is 32.2. The monoisotopic (exact) mass is 705 g/mol. The van der Waals surface area contributed by atoms with Gasteiger partial charge in [-0.05, 0) is 68.1 Å². The third-order valence-electron chi connectivity index (χ3n) is 9.05. The summed E-state index contributed by atoms with van der Waals surface area (Å²) in [7, 11) is -4.55. The van der Waals surface area contributed by atoms with Crippen LogP contribution < -0.4 is 9.62 Å². The number of aryl methyl sites for hydroxylation is 2. The number of halogens is 3. The number of sulfonamides is 1. The SMILES string of the molecule is Cc1ccc(CN(C(=O)CN(c2cccc(C(F)(F)F)c2)S(=O)(=O)c2ccc(C)cc2)C(Cc2ccccc2)C(=O)NC2CCCCC2)cc1. The normalized spacial score (nSPS) is 14.5. The van der Waals surface area contributed by atoms with Crippen LogP contribution in [0.5, 0.6) is 0 Å². The summed E-state index contributed by atoms with van der Waals surface area (Å²) < 4.78 is 70.7. The summed E-state index contributed by atoms with van der Waals surface area (Å²) in [5.41, 5.74) is 1.89. The molecule has 4 aromatic rings. The summed E-state index contributed by atoms with van der Waals surface area (Å²) >= 11 is 0. The van der Waals surface area contributed by atoms with Crippen LogP contribution in [0.4, 0.5) is 18.9 Å². The quantitative estimate of drug-likeness (QED) is 0.165. The fourth-order valence-corrected chi connectivity index (χ4v) is 7.60. The molecule has 0 aliphatic heterocycles. The average molecular weight is 706 g/mol. The standard InChI is InChI=1S/C39H42F3N3O4S/c1-28-16-20-31(21-17-28)26-44(36(24-30-10-5-3-6-11-30)38(47)43-33-13-7-4-8-14-33)37(46)27-45(34-15-9-12-32(25-34)39(40,41)42)50(48,49)35-22-18-29(2)19-23-35/h3,5-6,9-12,15-23,25,33,36H,4,7-8,13-14,24,26-27H2,1-2H3,(H,43,47). The minimum absolute atomic E-state index is 0.0320. The molecule has 1 saturated carbocycles. The highest BCUT2D eigenvalue weighted by molar-refractivity contribution is 7.92. The number of benzene rings is 4. The zero-order chi connectivity index (χ0) is 35.9. The van der Waals surface area contributed by atoms with E-state index in [-0.39, 0.29) is 35.5 Å². The number of nitrogens with zero attached hydrogens (tertiary/aromatic N) is 2. The van der Waals surface area contributed by atoms with Gasteiger partial charge in [0.15, 0.2) is 0 Å². The average Bonchev–Trinajstić information content (AvgIpc) is 3.10. The van der Waals surface area contributed by atoms with Crippen LogP contribution >= 0.6 is 0 Å². The van der Waals surface area contributed by atoms with Gasteiger partial charge < -0.3 is 10.2 Å². The Kier molecular flexibility index (Phi) is 11.7. The molecule has 4 aromatic carbocycles. The van der Waals surface area contributed by atoms with E-state index < -0.39 is 40.3 Å².